The summed E-state index contributed by atoms with van der Waals surface area (Å²) in [5.74, 6) is 0.676. The molecule has 1 spiro atoms. The Hall–Kier alpha value is -2.64. The number of anilines is 2. The summed E-state index contributed by atoms with van der Waals surface area (Å²) in [5.41, 5.74) is 2.34. The highest BCUT2D eigenvalue weighted by Crippen LogP contribution is 2.40. The van der Waals surface area contributed by atoms with E-state index in [0.717, 1.165) is 49.0 Å². The molecule has 1 saturated heterocycles. The van der Waals surface area contributed by atoms with Gasteiger partial charge in [0.05, 0.1) is 19.3 Å². The Bertz CT molecular complexity index is 919. The van der Waals surface area contributed by atoms with Crippen LogP contribution in [0.3, 0.4) is 0 Å². The maximum Gasteiger partial charge on any atom is 0.339 e. The van der Waals surface area contributed by atoms with Gasteiger partial charge in [0.25, 0.3) is 0 Å². The van der Waals surface area contributed by atoms with Crippen molar-refractivity contribution in [2.75, 3.05) is 25.5 Å². The number of hydrogen-bond donors (Lipinski definition) is 1. The third-order valence-electron chi connectivity index (χ3n) is 6.46. The number of aromatic nitrogens is 1. The van der Waals surface area contributed by atoms with E-state index in [1.807, 2.05) is 18.2 Å². The van der Waals surface area contributed by atoms with Crippen LogP contribution in [0.25, 0.3) is 0 Å². The second-order valence-electron chi connectivity index (χ2n) is 8.29. The average molecular weight is 409 g/mol. The first-order valence-corrected chi connectivity index (χ1v) is 10.7. The summed E-state index contributed by atoms with van der Waals surface area (Å²) < 4.78 is 17.3. The maximum atomic E-state index is 11.5. The molecule has 2 aromatic rings. The quantitative estimate of drug-likeness (QED) is 0.769. The fourth-order valence-corrected chi connectivity index (χ4v) is 4.39. The van der Waals surface area contributed by atoms with Gasteiger partial charge in [0.2, 0.25) is 5.79 Å². The number of esters is 1. The number of fused-ring (bicyclic) bond motifs is 1. The molecule has 0 unspecified atom stereocenters. The van der Waals surface area contributed by atoms with Crippen LogP contribution < -0.4 is 10.1 Å². The van der Waals surface area contributed by atoms with Crippen LogP contribution in [-0.4, -0.2) is 47.9 Å². The third-order valence-corrected chi connectivity index (χ3v) is 6.46. The Morgan fingerprint density at radius 2 is 2.07 bits per heavy atom. The molecule has 0 atom stereocenters. The van der Waals surface area contributed by atoms with E-state index in [2.05, 4.69) is 15.2 Å². The lowest BCUT2D eigenvalue weighted by Crippen LogP contribution is -2.54. The number of rotatable bonds is 4. The van der Waals surface area contributed by atoms with Gasteiger partial charge in [-0.15, -0.1) is 0 Å². The van der Waals surface area contributed by atoms with Crippen molar-refractivity contribution in [3.05, 3.63) is 47.7 Å². The Kier molecular flexibility index (Phi) is 5.08. The molecule has 2 aliphatic heterocycles. The molecule has 5 rings (SSSR count). The number of nitrogens with zero attached hydrogens (tertiary/aromatic N) is 2. The van der Waals surface area contributed by atoms with Crippen LogP contribution in [0.2, 0.25) is 0 Å². The van der Waals surface area contributed by atoms with Gasteiger partial charge >= 0.3 is 5.97 Å². The smallest absolute Gasteiger partial charge is 0.339 e. The summed E-state index contributed by atoms with van der Waals surface area (Å²) in [6.07, 6.45) is 7.38. The largest absolute Gasteiger partial charge is 0.465 e. The molecule has 3 heterocycles. The molecule has 1 aliphatic carbocycles. The monoisotopic (exact) mass is 409 g/mol. The number of carbonyl (C=O) groups excluding carboxylic acids is 1. The summed E-state index contributed by atoms with van der Waals surface area (Å²) >= 11 is 0. The normalized spacial score (nSPS) is 20.7. The van der Waals surface area contributed by atoms with Crippen molar-refractivity contribution in [2.24, 2.45) is 0 Å². The predicted molar refractivity (Wildman–Crippen MR) is 112 cm³/mol. The van der Waals surface area contributed by atoms with Gasteiger partial charge in [0.15, 0.2) is 0 Å². The SMILES string of the molecule is COC(=O)c1ccc(Nc2ccc3c(c2)COC2(CCN(C4CCC4)CC2)O3)nc1. The number of methoxy groups -OCH3 is 1. The van der Waals surface area contributed by atoms with Gasteiger partial charge in [-0.25, -0.2) is 9.78 Å². The zero-order valence-electron chi connectivity index (χ0n) is 17.2. The molecule has 0 radical (unpaired) electrons. The van der Waals surface area contributed by atoms with Gasteiger partial charge in [-0.3, -0.25) is 4.90 Å². The second-order valence-corrected chi connectivity index (χ2v) is 8.29. The third kappa shape index (κ3) is 3.75. The van der Waals surface area contributed by atoms with Crippen LogP contribution in [0, 0.1) is 0 Å². The van der Waals surface area contributed by atoms with Gasteiger partial charge in [-0.2, -0.15) is 0 Å². The van der Waals surface area contributed by atoms with E-state index in [1.165, 1.54) is 32.6 Å². The Labute approximate surface area is 176 Å². The molecule has 1 saturated carbocycles. The van der Waals surface area contributed by atoms with Crippen molar-refractivity contribution in [1.29, 1.82) is 0 Å². The highest BCUT2D eigenvalue weighted by molar-refractivity contribution is 5.89. The molecule has 158 valence electrons. The van der Waals surface area contributed by atoms with Crippen LogP contribution in [-0.2, 0) is 16.1 Å². The number of piperidine rings is 1. The van der Waals surface area contributed by atoms with E-state index in [0.29, 0.717) is 18.0 Å². The van der Waals surface area contributed by atoms with Gasteiger partial charge in [0, 0.05) is 49.4 Å². The van der Waals surface area contributed by atoms with E-state index < -0.39 is 11.8 Å². The average Bonchev–Trinajstić information content (AvgIpc) is 2.74. The first-order chi connectivity index (χ1) is 14.6. The van der Waals surface area contributed by atoms with E-state index in [-0.39, 0.29) is 0 Å². The molecule has 3 aliphatic rings. The lowest BCUT2D eigenvalue weighted by molar-refractivity contribution is -0.231. The number of ether oxygens (including phenoxy) is 3. The van der Waals surface area contributed by atoms with E-state index in [4.69, 9.17) is 14.2 Å². The topological polar surface area (TPSA) is 72.9 Å². The number of hydrogen-bond acceptors (Lipinski definition) is 7. The fourth-order valence-electron chi connectivity index (χ4n) is 4.39. The molecular formula is C23H27N3O4. The lowest BCUT2D eigenvalue weighted by atomic mass is 9.89. The Morgan fingerprint density at radius 1 is 1.23 bits per heavy atom. The van der Waals surface area contributed by atoms with Gasteiger partial charge < -0.3 is 19.5 Å². The molecule has 7 nitrogen and oxygen atoms in total. The zero-order valence-corrected chi connectivity index (χ0v) is 17.2. The summed E-state index contributed by atoms with van der Waals surface area (Å²) in [5, 5.41) is 3.26. The maximum absolute atomic E-state index is 11.5. The predicted octanol–water partition coefficient (Wildman–Crippen LogP) is 3.87. The van der Waals surface area contributed by atoms with E-state index in [1.54, 1.807) is 12.1 Å². The second kappa shape index (κ2) is 7.89. The summed E-state index contributed by atoms with van der Waals surface area (Å²) in [6.45, 7) is 2.64. The summed E-state index contributed by atoms with van der Waals surface area (Å²) in [6, 6.07) is 10.2. The number of pyridine rings is 1. The first-order valence-electron chi connectivity index (χ1n) is 10.7. The van der Waals surface area contributed by atoms with Gasteiger partial charge in [0.1, 0.15) is 11.6 Å². The van der Waals surface area contributed by atoms with Crippen molar-refractivity contribution in [3.8, 4) is 5.75 Å². The van der Waals surface area contributed by atoms with Crippen molar-refractivity contribution < 1.29 is 19.0 Å². The molecule has 0 amide bonds. The highest BCUT2D eigenvalue weighted by atomic mass is 16.7. The molecule has 7 heteroatoms. The molecule has 1 aromatic heterocycles. The van der Waals surface area contributed by atoms with Crippen LogP contribution in [0.5, 0.6) is 5.75 Å². The van der Waals surface area contributed by atoms with Crippen molar-refractivity contribution in [2.45, 2.75) is 50.5 Å². The minimum absolute atomic E-state index is 0.399. The van der Waals surface area contributed by atoms with E-state index in [9.17, 15) is 4.79 Å². The molecule has 0 bridgehead atoms. The zero-order chi connectivity index (χ0) is 20.6. The molecule has 1 aromatic carbocycles. The Balaban J connectivity index is 1.23. The van der Waals surface area contributed by atoms with Crippen molar-refractivity contribution in [3.63, 3.8) is 0 Å². The Morgan fingerprint density at radius 3 is 2.73 bits per heavy atom. The van der Waals surface area contributed by atoms with E-state index >= 15 is 0 Å². The van der Waals surface area contributed by atoms with Crippen LogP contribution in [0.15, 0.2) is 36.5 Å². The minimum atomic E-state index is -0.479. The minimum Gasteiger partial charge on any atom is -0.465 e. The number of nitrogens with one attached hydrogen (secondary N) is 1. The number of likely N-dealkylation sites (tertiary alicyclic amines) is 1. The molecule has 2 fully saturated rings. The van der Waals surface area contributed by atoms with Crippen LogP contribution in [0.1, 0.15) is 48.0 Å². The molecular weight excluding hydrogens is 382 g/mol. The number of carbonyl (C=O) groups is 1. The van der Waals surface area contributed by atoms with Gasteiger partial charge in [-0.1, -0.05) is 6.42 Å². The van der Waals surface area contributed by atoms with Crippen LogP contribution in [0.4, 0.5) is 11.5 Å². The summed E-state index contributed by atoms with van der Waals surface area (Å²) in [4.78, 5) is 18.4. The summed E-state index contributed by atoms with van der Waals surface area (Å²) in [7, 11) is 1.35. The van der Waals surface area contributed by atoms with Crippen molar-refractivity contribution in [1.82, 2.24) is 9.88 Å². The highest BCUT2D eigenvalue weighted by Gasteiger charge is 2.42. The van der Waals surface area contributed by atoms with Crippen molar-refractivity contribution >= 4 is 17.5 Å². The lowest BCUT2D eigenvalue weighted by Gasteiger charge is -2.47. The standard InChI is InChI=1S/C23H27N3O4/c1-28-22(27)16-5-8-21(24-14-16)25-18-6-7-20-17(13-18)15-29-23(30-20)9-11-26(12-10-23)19-3-2-4-19/h5-8,13-14,19H,2-4,9-12,15H2,1H3,(H,24,25). The van der Waals surface area contributed by atoms with Gasteiger partial charge in [-0.05, 0) is 43.2 Å². The number of benzene rings is 1. The molecule has 30 heavy (non-hydrogen) atoms. The first kappa shape index (κ1) is 19.3. The molecule has 1 N–H and O–H groups in total. The fraction of sp³-hybridized carbons (Fsp3) is 0.478. The van der Waals surface area contributed by atoms with Crippen LogP contribution >= 0.6 is 0 Å².